The van der Waals surface area contributed by atoms with E-state index in [0.29, 0.717) is 55.8 Å². The second-order valence-corrected chi connectivity index (χ2v) is 12.7. The second-order valence-electron chi connectivity index (χ2n) is 12.7. The molecule has 246 valence electrons. The molecule has 0 aliphatic carbocycles. The first-order valence-electron chi connectivity index (χ1n) is 16.3. The summed E-state index contributed by atoms with van der Waals surface area (Å²) in [6.07, 6.45) is 1.70. The molecule has 1 saturated heterocycles. The first kappa shape index (κ1) is 33.9. The van der Waals surface area contributed by atoms with E-state index in [2.05, 4.69) is 11.4 Å². The van der Waals surface area contributed by atoms with Crippen LogP contribution in [0.2, 0.25) is 0 Å². The molecule has 1 atom stereocenters. The predicted molar refractivity (Wildman–Crippen MR) is 183 cm³/mol. The van der Waals surface area contributed by atoms with Crippen LogP contribution in [-0.4, -0.2) is 35.8 Å². The van der Waals surface area contributed by atoms with Crippen LogP contribution < -0.4 is 10.1 Å². The lowest BCUT2D eigenvalue weighted by Crippen LogP contribution is -2.51. The van der Waals surface area contributed by atoms with Gasteiger partial charge in [0.05, 0.1) is 23.1 Å². The molecule has 0 spiro atoms. The van der Waals surface area contributed by atoms with Gasteiger partial charge in [0.1, 0.15) is 19.0 Å². The summed E-state index contributed by atoms with van der Waals surface area (Å²) in [6.45, 7) is 5.41. The van der Waals surface area contributed by atoms with Crippen molar-refractivity contribution in [2.24, 2.45) is 11.3 Å². The fourth-order valence-corrected chi connectivity index (χ4v) is 5.99. The Morgan fingerprint density at radius 3 is 2.00 bits per heavy atom. The first-order chi connectivity index (χ1) is 23.2. The van der Waals surface area contributed by atoms with Crippen LogP contribution in [-0.2, 0) is 27.5 Å². The van der Waals surface area contributed by atoms with Crippen LogP contribution >= 0.6 is 0 Å². The molecule has 1 aliphatic heterocycles. The first-order valence-corrected chi connectivity index (χ1v) is 16.3. The minimum Gasteiger partial charge on any atom is -0.489 e. The molecule has 0 bridgehead atoms. The smallest absolute Gasteiger partial charge is 0.306 e. The summed E-state index contributed by atoms with van der Waals surface area (Å²) in [5, 5.41) is 12.3. The molecule has 4 aromatic carbocycles. The van der Waals surface area contributed by atoms with Crippen molar-refractivity contribution >= 4 is 17.8 Å². The predicted octanol–water partition coefficient (Wildman–Crippen LogP) is 7.01. The zero-order valence-corrected chi connectivity index (χ0v) is 27.4. The van der Waals surface area contributed by atoms with Crippen molar-refractivity contribution in [1.82, 2.24) is 10.2 Å². The molecule has 8 heteroatoms. The molecular formula is C40H41N3O5. The molecule has 0 radical (unpaired) electrons. The summed E-state index contributed by atoms with van der Waals surface area (Å²) in [6, 6.07) is 34.8. The molecule has 8 nitrogen and oxygen atoms in total. The average molecular weight is 644 g/mol. The topological polar surface area (TPSA) is 109 Å². The van der Waals surface area contributed by atoms with Crippen LogP contribution in [0.5, 0.6) is 5.75 Å². The number of rotatable bonds is 12. The fraction of sp³-hybridized carbons (Fsp3) is 0.300. The average Bonchev–Trinajstić information content (AvgIpc) is 3.13. The van der Waals surface area contributed by atoms with Crippen molar-refractivity contribution < 1.29 is 23.9 Å². The Labute approximate surface area is 282 Å². The van der Waals surface area contributed by atoms with Crippen molar-refractivity contribution in [1.29, 1.82) is 5.26 Å². The summed E-state index contributed by atoms with van der Waals surface area (Å²) < 4.78 is 11.5. The number of esters is 1. The molecule has 1 N–H and O–H groups in total. The number of nitrogens with one attached hydrogen (secondary N) is 1. The molecule has 1 unspecified atom stereocenters. The standard InChI is InChI=1S/C40H41N3O5/c1-40(2,39(46)43-23-21-29(22-24-43)25-36(44)48-28-32-11-7-4-8-12-32)37(42-38(45)34-15-13-30(26-41)14-16-34)33-17-19-35(20-18-33)47-27-31-9-5-3-6-10-31/h3-20,29,37H,21-25,27-28H2,1-2H3,(H,42,45). The number of carbonyl (C=O) groups is 3. The number of nitriles is 1. The lowest BCUT2D eigenvalue weighted by molar-refractivity contribution is -0.147. The molecule has 4 aromatic rings. The van der Waals surface area contributed by atoms with Crippen molar-refractivity contribution in [2.75, 3.05) is 13.1 Å². The summed E-state index contributed by atoms with van der Waals surface area (Å²) in [5.41, 5.74) is 2.59. The summed E-state index contributed by atoms with van der Waals surface area (Å²) >= 11 is 0. The van der Waals surface area contributed by atoms with E-state index in [4.69, 9.17) is 9.47 Å². The zero-order valence-electron chi connectivity index (χ0n) is 27.4. The van der Waals surface area contributed by atoms with Crippen molar-refractivity contribution in [3.8, 4) is 11.8 Å². The number of piperidine rings is 1. The van der Waals surface area contributed by atoms with Crippen molar-refractivity contribution in [3.63, 3.8) is 0 Å². The second kappa shape index (κ2) is 15.9. The van der Waals surface area contributed by atoms with E-state index in [9.17, 15) is 19.6 Å². The highest BCUT2D eigenvalue weighted by atomic mass is 16.5. The van der Waals surface area contributed by atoms with Gasteiger partial charge in [0.15, 0.2) is 0 Å². The number of carbonyl (C=O) groups excluding carboxylic acids is 3. The monoisotopic (exact) mass is 643 g/mol. The van der Waals surface area contributed by atoms with Gasteiger partial charge in [0.2, 0.25) is 5.91 Å². The van der Waals surface area contributed by atoms with Gasteiger partial charge in [0, 0.05) is 25.1 Å². The van der Waals surface area contributed by atoms with E-state index in [1.807, 2.05) is 104 Å². The molecule has 2 amide bonds. The van der Waals surface area contributed by atoms with E-state index in [-0.39, 0.29) is 30.3 Å². The van der Waals surface area contributed by atoms with Crippen LogP contribution in [0.4, 0.5) is 0 Å². The number of benzene rings is 4. The van der Waals surface area contributed by atoms with Gasteiger partial charge < -0.3 is 19.7 Å². The molecule has 1 fully saturated rings. The molecule has 0 aromatic heterocycles. The molecule has 1 heterocycles. The van der Waals surface area contributed by atoms with Gasteiger partial charge in [-0.2, -0.15) is 5.26 Å². The van der Waals surface area contributed by atoms with Crippen LogP contribution in [0.15, 0.2) is 109 Å². The molecule has 48 heavy (non-hydrogen) atoms. The van der Waals surface area contributed by atoms with Gasteiger partial charge in [-0.25, -0.2) is 0 Å². The highest BCUT2D eigenvalue weighted by Crippen LogP contribution is 2.38. The number of likely N-dealkylation sites (tertiary alicyclic amines) is 1. The normalized spacial score (nSPS) is 14.0. The quantitative estimate of drug-likeness (QED) is 0.167. The number of hydrogen-bond donors (Lipinski definition) is 1. The molecule has 1 aliphatic rings. The Kier molecular flexibility index (Phi) is 11.3. The highest BCUT2D eigenvalue weighted by molar-refractivity contribution is 5.95. The van der Waals surface area contributed by atoms with Crippen molar-refractivity contribution in [3.05, 3.63) is 137 Å². The summed E-state index contributed by atoms with van der Waals surface area (Å²) in [5.74, 6) is 0.152. The van der Waals surface area contributed by atoms with Gasteiger partial charge in [0.25, 0.3) is 5.91 Å². The van der Waals surface area contributed by atoms with Gasteiger partial charge in [-0.05, 0) is 85.7 Å². The number of nitrogens with zero attached hydrogens (tertiary/aromatic N) is 2. The van der Waals surface area contributed by atoms with Gasteiger partial charge >= 0.3 is 5.97 Å². The summed E-state index contributed by atoms with van der Waals surface area (Å²) in [4.78, 5) is 42.0. The number of hydrogen-bond acceptors (Lipinski definition) is 6. The third kappa shape index (κ3) is 8.89. The fourth-order valence-electron chi connectivity index (χ4n) is 5.99. The maximum absolute atomic E-state index is 14.2. The van der Waals surface area contributed by atoms with E-state index in [1.165, 1.54) is 0 Å². The van der Waals surface area contributed by atoms with E-state index >= 15 is 0 Å². The molecule has 5 rings (SSSR count). The third-order valence-electron chi connectivity index (χ3n) is 8.89. The Hall–Kier alpha value is -5.42. The van der Waals surface area contributed by atoms with E-state index in [0.717, 1.165) is 16.7 Å². The molecular weight excluding hydrogens is 602 g/mol. The van der Waals surface area contributed by atoms with E-state index < -0.39 is 11.5 Å². The van der Waals surface area contributed by atoms with Crippen LogP contribution in [0.25, 0.3) is 0 Å². The highest BCUT2D eigenvalue weighted by Gasteiger charge is 2.42. The molecule has 0 saturated carbocycles. The lowest BCUT2D eigenvalue weighted by atomic mass is 9.78. The Morgan fingerprint density at radius 2 is 1.42 bits per heavy atom. The van der Waals surface area contributed by atoms with Gasteiger partial charge in [-0.15, -0.1) is 0 Å². The minimum atomic E-state index is -1.02. The minimum absolute atomic E-state index is 0.0814. The Morgan fingerprint density at radius 1 is 0.833 bits per heavy atom. The SMILES string of the molecule is CC(C)(C(=O)N1CCC(CC(=O)OCc2ccccc2)CC1)C(NC(=O)c1ccc(C#N)cc1)c1ccc(OCc2ccccc2)cc1. The van der Waals surface area contributed by atoms with Crippen LogP contribution in [0, 0.1) is 22.7 Å². The Balaban J connectivity index is 1.25. The number of ether oxygens (including phenoxy) is 2. The Bertz CT molecular complexity index is 1710. The van der Waals surface area contributed by atoms with E-state index in [1.54, 1.807) is 24.3 Å². The zero-order chi connectivity index (χ0) is 33.9. The van der Waals surface area contributed by atoms with Gasteiger partial charge in [-0.3, -0.25) is 14.4 Å². The van der Waals surface area contributed by atoms with Crippen LogP contribution in [0.3, 0.4) is 0 Å². The summed E-state index contributed by atoms with van der Waals surface area (Å²) in [7, 11) is 0. The maximum Gasteiger partial charge on any atom is 0.306 e. The largest absolute Gasteiger partial charge is 0.489 e. The third-order valence-corrected chi connectivity index (χ3v) is 8.89. The lowest BCUT2D eigenvalue weighted by Gasteiger charge is -2.40. The van der Waals surface area contributed by atoms with Crippen LogP contribution in [0.1, 0.15) is 71.8 Å². The van der Waals surface area contributed by atoms with Crippen molar-refractivity contribution in [2.45, 2.75) is 52.4 Å². The van der Waals surface area contributed by atoms with Gasteiger partial charge in [-0.1, -0.05) is 72.8 Å². The number of amides is 2. The maximum atomic E-state index is 14.2.